The van der Waals surface area contributed by atoms with E-state index in [2.05, 4.69) is 81.5 Å². The summed E-state index contributed by atoms with van der Waals surface area (Å²) < 4.78 is 16.9. The van der Waals surface area contributed by atoms with E-state index in [4.69, 9.17) is 14.2 Å². The van der Waals surface area contributed by atoms with Crippen molar-refractivity contribution in [2.75, 3.05) is 13.2 Å². The molecule has 0 aromatic rings. The fourth-order valence-electron chi connectivity index (χ4n) is 11.0. The molecular weight excluding hydrogens is 1020 g/mol. The monoisotopic (exact) mass is 1160 g/mol. The smallest absolute Gasteiger partial charge is 0.306 e. The van der Waals surface area contributed by atoms with Crippen LogP contribution in [0, 0.1) is 0 Å². The Kier molecular flexibility index (Phi) is 69.1. The fourth-order valence-corrected chi connectivity index (χ4v) is 11.0. The Morgan fingerprint density at radius 1 is 0.253 bits per heavy atom. The lowest BCUT2D eigenvalue weighted by Gasteiger charge is -2.18. The van der Waals surface area contributed by atoms with Crippen LogP contribution in [-0.2, 0) is 28.6 Å². The maximum Gasteiger partial charge on any atom is 0.306 e. The van der Waals surface area contributed by atoms with E-state index in [1.165, 1.54) is 263 Å². The van der Waals surface area contributed by atoms with Gasteiger partial charge < -0.3 is 14.2 Å². The third-order valence-electron chi connectivity index (χ3n) is 16.5. The van der Waals surface area contributed by atoms with Crippen LogP contribution >= 0.6 is 0 Å². The molecule has 0 aromatic heterocycles. The van der Waals surface area contributed by atoms with E-state index >= 15 is 0 Å². The minimum absolute atomic E-state index is 0.0727. The predicted octanol–water partition coefficient (Wildman–Crippen LogP) is 25.5. The Hall–Kier alpha value is -2.89. The molecule has 0 rings (SSSR count). The van der Waals surface area contributed by atoms with Crippen LogP contribution in [0.5, 0.6) is 0 Å². The molecule has 1 unspecified atom stereocenters. The molecule has 0 aliphatic rings. The van der Waals surface area contributed by atoms with E-state index < -0.39 is 6.10 Å². The molecular formula is C77H140O6. The summed E-state index contributed by atoms with van der Waals surface area (Å²) in [5.41, 5.74) is 0. The molecule has 0 aromatic carbocycles. The Labute approximate surface area is 517 Å². The highest BCUT2D eigenvalue weighted by Gasteiger charge is 2.19. The minimum atomic E-state index is -0.776. The van der Waals surface area contributed by atoms with E-state index in [-0.39, 0.29) is 31.1 Å². The van der Waals surface area contributed by atoms with Gasteiger partial charge in [-0.2, -0.15) is 0 Å². The van der Waals surface area contributed by atoms with Gasteiger partial charge >= 0.3 is 17.9 Å². The molecule has 0 saturated heterocycles. The second-order valence-electron chi connectivity index (χ2n) is 24.8. The minimum Gasteiger partial charge on any atom is -0.462 e. The lowest BCUT2D eigenvalue weighted by Crippen LogP contribution is -2.30. The molecule has 0 aliphatic carbocycles. The fraction of sp³-hybridized carbons (Fsp3) is 0.831. The first-order chi connectivity index (χ1) is 41.0. The van der Waals surface area contributed by atoms with Crippen molar-refractivity contribution in [2.45, 2.75) is 399 Å². The van der Waals surface area contributed by atoms with Gasteiger partial charge in [-0.1, -0.05) is 351 Å². The van der Waals surface area contributed by atoms with Crippen LogP contribution in [0.2, 0.25) is 0 Å². The summed E-state index contributed by atoms with van der Waals surface area (Å²) in [6.45, 7) is 6.56. The maximum absolute atomic E-state index is 12.9. The van der Waals surface area contributed by atoms with E-state index in [9.17, 15) is 14.4 Å². The SMILES string of the molecule is CC/C=C\C/C=C\C/C=C\C/C=C\CCCCCCCCCCC(=O)OC(COC(=O)CCCCCCCCCCC)COC(=O)CCCCCCCCCCCCCCCCCCCCCCCCC/C=C\CCCCCCCCCC. The molecule has 0 N–H and O–H groups in total. The quantitative estimate of drug-likeness (QED) is 0.0261. The van der Waals surface area contributed by atoms with Crippen LogP contribution in [0.1, 0.15) is 393 Å². The Balaban J connectivity index is 4.02. The molecule has 6 nitrogen and oxygen atoms in total. The summed E-state index contributed by atoms with van der Waals surface area (Å²) in [5.74, 6) is -0.861. The summed E-state index contributed by atoms with van der Waals surface area (Å²) in [6, 6.07) is 0. The van der Waals surface area contributed by atoms with Crippen LogP contribution in [0.25, 0.3) is 0 Å². The molecule has 0 saturated carbocycles. The van der Waals surface area contributed by atoms with Gasteiger partial charge in [-0.05, 0) is 83.5 Å². The zero-order chi connectivity index (χ0) is 59.9. The lowest BCUT2D eigenvalue weighted by atomic mass is 10.0. The molecule has 0 heterocycles. The highest BCUT2D eigenvalue weighted by Crippen LogP contribution is 2.19. The topological polar surface area (TPSA) is 78.9 Å². The van der Waals surface area contributed by atoms with Crippen molar-refractivity contribution >= 4 is 17.9 Å². The van der Waals surface area contributed by atoms with Crippen LogP contribution < -0.4 is 0 Å². The van der Waals surface area contributed by atoms with Crippen LogP contribution in [0.3, 0.4) is 0 Å². The normalized spacial score (nSPS) is 12.4. The first-order valence-corrected chi connectivity index (χ1v) is 36.8. The third-order valence-corrected chi connectivity index (χ3v) is 16.5. The van der Waals surface area contributed by atoms with Crippen molar-refractivity contribution < 1.29 is 28.6 Å². The van der Waals surface area contributed by atoms with Crippen molar-refractivity contribution in [3.05, 3.63) is 60.8 Å². The van der Waals surface area contributed by atoms with Gasteiger partial charge in [0.2, 0.25) is 0 Å². The number of unbranched alkanes of at least 4 members (excludes halogenated alkanes) is 47. The highest BCUT2D eigenvalue weighted by molar-refractivity contribution is 5.71. The number of hydrogen-bond acceptors (Lipinski definition) is 6. The summed E-state index contributed by atoms with van der Waals surface area (Å²) in [4.78, 5) is 38.3. The van der Waals surface area contributed by atoms with Gasteiger partial charge in [0.05, 0.1) is 0 Å². The van der Waals surface area contributed by atoms with Crippen molar-refractivity contribution in [1.29, 1.82) is 0 Å². The number of ether oxygens (including phenoxy) is 3. The molecule has 0 aliphatic heterocycles. The zero-order valence-corrected chi connectivity index (χ0v) is 55.7. The molecule has 0 spiro atoms. The van der Waals surface area contributed by atoms with Crippen molar-refractivity contribution in [3.8, 4) is 0 Å². The zero-order valence-electron chi connectivity index (χ0n) is 55.7. The first kappa shape index (κ1) is 80.1. The highest BCUT2D eigenvalue weighted by atomic mass is 16.6. The van der Waals surface area contributed by atoms with Gasteiger partial charge in [-0.3, -0.25) is 14.4 Å². The van der Waals surface area contributed by atoms with E-state index in [1.54, 1.807) is 0 Å². The second-order valence-corrected chi connectivity index (χ2v) is 24.8. The molecule has 0 bridgehead atoms. The number of esters is 3. The van der Waals surface area contributed by atoms with Crippen molar-refractivity contribution in [1.82, 2.24) is 0 Å². The number of rotatable bonds is 68. The Morgan fingerprint density at radius 2 is 0.470 bits per heavy atom. The summed E-state index contributed by atoms with van der Waals surface area (Å²) in [5, 5.41) is 0. The van der Waals surface area contributed by atoms with Crippen LogP contribution in [0.4, 0.5) is 0 Å². The van der Waals surface area contributed by atoms with Crippen LogP contribution in [-0.4, -0.2) is 37.2 Å². The molecule has 6 heteroatoms. The molecule has 0 amide bonds. The Morgan fingerprint density at radius 3 is 0.747 bits per heavy atom. The van der Waals surface area contributed by atoms with Gasteiger partial charge in [0.25, 0.3) is 0 Å². The standard InChI is InChI=1S/C77H140O6/c1-4-7-10-13-16-19-21-23-25-27-29-31-32-33-34-35-36-37-38-39-40-41-42-43-44-46-47-49-51-53-55-58-61-64-67-70-76(79)82-73-74(72-81-75(78)69-66-63-60-57-18-15-12-9-6-3)83-77(80)71-68-65-62-59-56-54-52-50-48-45-30-28-26-24-22-20-17-14-11-8-5-2/h8,11,17,20,24,26-27,29-30,45,74H,4-7,9-10,12-16,18-19,21-23,25,28,31-44,46-73H2,1-3H3/b11-8-,20-17-,26-24-,29-27-,45-30-. The summed E-state index contributed by atoms with van der Waals surface area (Å²) in [7, 11) is 0. The molecule has 0 radical (unpaired) electrons. The van der Waals surface area contributed by atoms with Gasteiger partial charge in [0.15, 0.2) is 6.10 Å². The lowest BCUT2D eigenvalue weighted by molar-refractivity contribution is -0.167. The Bertz CT molecular complexity index is 1470. The predicted molar refractivity (Wildman–Crippen MR) is 362 cm³/mol. The summed E-state index contributed by atoms with van der Waals surface area (Å²) in [6.07, 6.45) is 92.9. The number of carbonyl (C=O) groups is 3. The number of allylic oxidation sites excluding steroid dienone is 10. The van der Waals surface area contributed by atoms with Gasteiger partial charge in [-0.25, -0.2) is 0 Å². The molecule has 83 heavy (non-hydrogen) atoms. The van der Waals surface area contributed by atoms with Gasteiger partial charge in [0.1, 0.15) is 13.2 Å². The molecule has 1 atom stereocenters. The number of hydrogen-bond donors (Lipinski definition) is 0. The average molecular weight is 1160 g/mol. The largest absolute Gasteiger partial charge is 0.462 e. The maximum atomic E-state index is 12.9. The molecule has 0 fully saturated rings. The second kappa shape index (κ2) is 71.6. The van der Waals surface area contributed by atoms with Crippen molar-refractivity contribution in [2.24, 2.45) is 0 Å². The van der Waals surface area contributed by atoms with E-state index in [0.29, 0.717) is 19.3 Å². The van der Waals surface area contributed by atoms with Crippen molar-refractivity contribution in [3.63, 3.8) is 0 Å². The van der Waals surface area contributed by atoms with E-state index in [0.717, 1.165) is 89.9 Å². The van der Waals surface area contributed by atoms with E-state index in [1.807, 2.05) is 0 Å². The first-order valence-electron chi connectivity index (χ1n) is 36.8. The van der Waals surface area contributed by atoms with Gasteiger partial charge in [-0.15, -0.1) is 0 Å². The number of carbonyl (C=O) groups excluding carboxylic acids is 3. The van der Waals surface area contributed by atoms with Gasteiger partial charge in [0, 0.05) is 19.3 Å². The van der Waals surface area contributed by atoms with Crippen LogP contribution in [0.15, 0.2) is 60.8 Å². The summed E-state index contributed by atoms with van der Waals surface area (Å²) >= 11 is 0. The average Bonchev–Trinajstić information content (AvgIpc) is 3.49. The third kappa shape index (κ3) is 69.8. The molecule has 484 valence electrons.